The van der Waals surface area contributed by atoms with Gasteiger partial charge in [0, 0.05) is 36.1 Å². The summed E-state index contributed by atoms with van der Waals surface area (Å²) >= 11 is 0. The number of hydrogen-bond acceptors (Lipinski definition) is 12. The molecule has 1 amide bonds. The van der Waals surface area contributed by atoms with Crippen LogP contribution in [0.5, 0.6) is 0 Å². The number of esters is 5. The molecule has 0 bridgehead atoms. The van der Waals surface area contributed by atoms with Gasteiger partial charge in [-0.2, -0.15) is 0 Å². The molecule has 0 unspecified atom stereocenters. The van der Waals surface area contributed by atoms with E-state index in [4.69, 9.17) is 18.9 Å². The summed E-state index contributed by atoms with van der Waals surface area (Å²) < 4.78 is 143. The van der Waals surface area contributed by atoms with Crippen molar-refractivity contribution in [2.75, 3.05) is 39.6 Å². The molecule has 21 heteroatoms. The molecule has 54 heavy (non-hydrogen) atoms. The Morgan fingerprint density at radius 3 is 1.30 bits per heavy atom. The summed E-state index contributed by atoms with van der Waals surface area (Å²) in [6.07, 6.45) is -9.03. The topological polar surface area (TPSA) is 170 Å². The van der Waals surface area contributed by atoms with Crippen LogP contribution < -0.4 is 5.32 Å². The number of amides is 1. The van der Waals surface area contributed by atoms with Crippen molar-refractivity contribution in [2.45, 2.75) is 75.2 Å². The lowest BCUT2D eigenvalue weighted by molar-refractivity contribution is -0.187. The van der Waals surface area contributed by atoms with E-state index in [0.717, 1.165) is 31.2 Å². The van der Waals surface area contributed by atoms with Gasteiger partial charge in [-0.25, -0.2) is 59.1 Å². The predicted molar refractivity (Wildman–Crippen MR) is 169 cm³/mol. The molecule has 0 fully saturated rings. The molecule has 0 atom stereocenters. The van der Waals surface area contributed by atoms with Crippen molar-refractivity contribution >= 4 is 35.9 Å². The monoisotopic (exact) mass is 795 g/mol. The molecule has 0 aliphatic carbocycles. The molecular weight excluding hydrogens is 754 g/mol. The molecule has 306 valence electrons. The van der Waals surface area contributed by atoms with Crippen molar-refractivity contribution in [3.05, 3.63) is 50.6 Å². The lowest BCUT2D eigenvalue weighted by Crippen LogP contribution is -2.54. The highest BCUT2D eigenvalue weighted by atomic mass is 19.3. The van der Waals surface area contributed by atoms with E-state index in [0.29, 0.717) is 0 Å². The van der Waals surface area contributed by atoms with Crippen molar-refractivity contribution in [1.82, 2.24) is 5.32 Å². The first kappa shape index (κ1) is 49.0. The summed E-state index contributed by atoms with van der Waals surface area (Å²) in [7, 11) is 0. The van der Waals surface area contributed by atoms with E-state index in [-0.39, 0.29) is 0 Å². The summed E-state index contributed by atoms with van der Waals surface area (Å²) in [5.41, 5.74) is -3.29. The number of alkyl halides is 8. The van der Waals surface area contributed by atoms with Crippen molar-refractivity contribution < 1.29 is 92.3 Å². The fourth-order valence-electron chi connectivity index (χ4n) is 4.01. The molecule has 0 aromatic carbocycles. The smallest absolute Gasteiger partial charge is 0.408 e. The number of rotatable bonds is 26. The minimum Gasteiger partial charge on any atom is -0.465 e. The fourth-order valence-corrected chi connectivity index (χ4v) is 4.01. The first-order valence-corrected chi connectivity index (χ1v) is 15.4. The van der Waals surface area contributed by atoms with Gasteiger partial charge >= 0.3 is 35.9 Å². The zero-order valence-corrected chi connectivity index (χ0v) is 29.3. The van der Waals surface area contributed by atoms with Gasteiger partial charge in [-0.15, -0.1) is 0 Å². The van der Waals surface area contributed by atoms with Crippen LogP contribution in [0.3, 0.4) is 0 Å². The molecule has 0 saturated carbocycles. The van der Waals surface area contributed by atoms with Gasteiger partial charge in [0.1, 0.15) is 32.0 Å². The van der Waals surface area contributed by atoms with Crippen LogP contribution in [0.25, 0.3) is 0 Å². The number of hydrogen-bond donors (Lipinski definition) is 1. The summed E-state index contributed by atoms with van der Waals surface area (Å²) in [5, 5.41) is 1.93. The number of halogens is 8. The molecule has 0 radical (unpaired) electrons. The van der Waals surface area contributed by atoms with E-state index in [1.807, 2.05) is 5.32 Å². The van der Waals surface area contributed by atoms with Gasteiger partial charge in [-0.05, 0) is 6.92 Å². The molecule has 0 saturated heterocycles. The van der Waals surface area contributed by atoms with Crippen LogP contribution in [0.1, 0.15) is 46.0 Å². The summed E-state index contributed by atoms with van der Waals surface area (Å²) in [4.78, 5) is 70.0. The molecule has 0 spiro atoms. The average Bonchev–Trinajstić information content (AvgIpc) is 3.04. The number of alkyl carbamates (subject to hydrolysis) is 1. The zero-order valence-electron chi connectivity index (χ0n) is 29.3. The van der Waals surface area contributed by atoms with Crippen LogP contribution in [0.15, 0.2) is 50.6 Å². The minimum atomic E-state index is -4.99. The average molecular weight is 796 g/mol. The Labute approximate surface area is 304 Å². The molecule has 0 aromatic heterocycles. The molecule has 0 rings (SSSR count). The van der Waals surface area contributed by atoms with Crippen LogP contribution in [-0.2, 0) is 52.4 Å². The van der Waals surface area contributed by atoms with Crippen LogP contribution in [0.4, 0.5) is 39.9 Å². The second-order valence-corrected chi connectivity index (χ2v) is 12.4. The molecule has 0 aromatic rings. The molecule has 0 aliphatic rings. The lowest BCUT2D eigenvalue weighted by Gasteiger charge is -2.30. The normalized spacial score (nSPS) is 12.3. The summed E-state index contributed by atoms with van der Waals surface area (Å²) in [6.45, 7) is 9.09. The van der Waals surface area contributed by atoms with E-state index in [2.05, 4.69) is 35.8 Å². The summed E-state index contributed by atoms with van der Waals surface area (Å²) in [6, 6.07) is 0. The minimum absolute atomic E-state index is 0.546. The second-order valence-electron chi connectivity index (χ2n) is 12.4. The Bertz CT molecular complexity index is 1340. The maximum atomic E-state index is 14.4. The third-order valence-electron chi connectivity index (χ3n) is 6.53. The van der Waals surface area contributed by atoms with Gasteiger partial charge in [-0.3, -0.25) is 4.79 Å². The highest BCUT2D eigenvalue weighted by molar-refractivity contribution is 5.82. The van der Waals surface area contributed by atoms with Gasteiger partial charge in [0.2, 0.25) is 0 Å². The van der Waals surface area contributed by atoms with Gasteiger partial charge in [0.15, 0.2) is 6.61 Å². The highest BCUT2D eigenvalue weighted by Crippen LogP contribution is 2.43. The third kappa shape index (κ3) is 21.5. The maximum Gasteiger partial charge on any atom is 0.408 e. The molecule has 0 heterocycles. The molecule has 1 N–H and O–H groups in total. The first-order valence-electron chi connectivity index (χ1n) is 15.4. The van der Waals surface area contributed by atoms with Gasteiger partial charge < -0.3 is 33.7 Å². The Balaban J connectivity index is 5.27. The van der Waals surface area contributed by atoms with Crippen LogP contribution in [-0.4, -0.2) is 105 Å². The second kappa shape index (κ2) is 21.0. The van der Waals surface area contributed by atoms with Crippen molar-refractivity contribution in [3.63, 3.8) is 0 Å². The Kier molecular flexibility index (Phi) is 19.1. The zero-order chi connectivity index (χ0) is 42.0. The number of nitrogens with one attached hydrogen (secondary N) is 1. The fraction of sp³-hybridized carbons (Fsp3) is 0.576. The summed E-state index contributed by atoms with van der Waals surface area (Å²) in [5.74, 6) is -24.2. The molecule has 0 aliphatic heterocycles. The lowest BCUT2D eigenvalue weighted by atomic mass is 9.88. The van der Waals surface area contributed by atoms with E-state index >= 15 is 0 Å². The van der Waals surface area contributed by atoms with Crippen LogP contribution >= 0.6 is 0 Å². The van der Waals surface area contributed by atoms with Crippen molar-refractivity contribution in [2.24, 2.45) is 5.41 Å². The quantitative estimate of drug-likeness (QED) is 0.0511. The maximum absolute atomic E-state index is 14.4. The molecule has 13 nitrogen and oxygen atoms in total. The highest BCUT2D eigenvalue weighted by Gasteiger charge is 2.53. The van der Waals surface area contributed by atoms with Crippen molar-refractivity contribution in [1.29, 1.82) is 0 Å². The number of carbonyl (C=O) groups is 6. The Hall–Kier alpha value is -4.98. The molecular formula is C33H41F8NO12. The largest absolute Gasteiger partial charge is 0.465 e. The van der Waals surface area contributed by atoms with E-state index in [1.165, 1.54) is 6.92 Å². The van der Waals surface area contributed by atoms with Gasteiger partial charge in [0.05, 0.1) is 32.3 Å². The van der Waals surface area contributed by atoms with E-state index < -0.39 is 142 Å². The first-order chi connectivity index (χ1) is 24.6. The standard InChI is InChI=1S/C33H41F8NO12/c1-7-22(43)50-17-28(5,18-51-23(44)8-2)13-26(47)49-12-11-30(34,35)14-31(36,37)15-32(38,39)16-33(40,41)21-54-27(48)42-29(6,19-52-24(45)9-3)20-53-25(46)10-4/h7-10H,1-4,11-21H2,5-6H3,(H,42,48). The van der Waals surface area contributed by atoms with Crippen LogP contribution in [0, 0.1) is 5.41 Å². The predicted octanol–water partition coefficient (Wildman–Crippen LogP) is 5.43. The number of carbonyl (C=O) groups excluding carboxylic acids is 6. The Morgan fingerprint density at radius 1 is 0.519 bits per heavy atom. The van der Waals surface area contributed by atoms with E-state index in [9.17, 15) is 63.9 Å². The van der Waals surface area contributed by atoms with Gasteiger partial charge in [0.25, 0.3) is 23.7 Å². The number of ether oxygens (including phenoxy) is 6. The van der Waals surface area contributed by atoms with E-state index in [1.54, 1.807) is 0 Å². The SMILES string of the molecule is C=CC(=O)OCC(C)(COC(=O)C=C)CC(=O)OCCC(F)(F)CC(F)(F)CC(F)(F)CC(F)(F)COC(=O)NC(C)(COC(=O)C=C)COC(=O)C=C. The van der Waals surface area contributed by atoms with Crippen molar-refractivity contribution in [3.8, 4) is 0 Å². The van der Waals surface area contributed by atoms with Gasteiger partial charge in [-0.1, -0.05) is 33.2 Å². The Morgan fingerprint density at radius 2 is 0.889 bits per heavy atom. The van der Waals surface area contributed by atoms with Crippen LogP contribution in [0.2, 0.25) is 0 Å². The third-order valence-corrected chi connectivity index (χ3v) is 6.53.